The Balaban J connectivity index is 1.73. The third kappa shape index (κ3) is 3.41. The molecule has 1 aromatic carbocycles. The number of aliphatic hydroxyl groups excluding tert-OH is 1. The van der Waals surface area contributed by atoms with Crippen molar-refractivity contribution in [1.29, 1.82) is 0 Å². The molecule has 0 spiro atoms. The minimum atomic E-state index is -0.635. The Morgan fingerprint density at radius 1 is 1.38 bits per heavy atom. The highest BCUT2D eigenvalue weighted by molar-refractivity contribution is 5.24. The van der Waals surface area contributed by atoms with Crippen LogP contribution in [-0.4, -0.2) is 43.9 Å². The van der Waals surface area contributed by atoms with Gasteiger partial charge < -0.3 is 5.11 Å². The fraction of sp³-hybridized carbons (Fsp3) is 0.400. The van der Waals surface area contributed by atoms with Crippen LogP contribution in [0.25, 0.3) is 0 Å². The molecule has 1 N–H and O–H groups in total. The predicted octanol–water partition coefficient (Wildman–Crippen LogP) is 1.88. The number of likely N-dealkylation sites (tertiary alicyclic amines) is 1. The summed E-state index contributed by atoms with van der Waals surface area (Å²) in [4.78, 5) is 12.0. The fourth-order valence-electron chi connectivity index (χ4n) is 3.02. The number of aliphatic hydroxyl groups is 1. The molecule has 7 nitrogen and oxygen atoms in total. The summed E-state index contributed by atoms with van der Waals surface area (Å²) < 4.78 is 28.9. The highest BCUT2D eigenvalue weighted by Gasteiger charge is 2.33. The molecular formula is C15H16F2N4O3. The highest BCUT2D eigenvalue weighted by atomic mass is 19.1. The zero-order valence-corrected chi connectivity index (χ0v) is 12.7. The summed E-state index contributed by atoms with van der Waals surface area (Å²) >= 11 is 0. The average molecular weight is 338 g/mol. The molecular weight excluding hydrogens is 322 g/mol. The Morgan fingerprint density at radius 3 is 2.88 bits per heavy atom. The number of rotatable bonds is 5. The van der Waals surface area contributed by atoms with Crippen molar-refractivity contribution in [1.82, 2.24) is 14.7 Å². The van der Waals surface area contributed by atoms with Crippen molar-refractivity contribution in [2.75, 3.05) is 13.1 Å². The van der Waals surface area contributed by atoms with Gasteiger partial charge in [0.1, 0.15) is 24.0 Å². The summed E-state index contributed by atoms with van der Waals surface area (Å²) in [7, 11) is 0. The number of hydrogen-bond donors (Lipinski definition) is 1. The van der Waals surface area contributed by atoms with E-state index >= 15 is 0 Å². The molecule has 2 aromatic rings. The first-order valence-electron chi connectivity index (χ1n) is 7.48. The van der Waals surface area contributed by atoms with Gasteiger partial charge in [-0.05, 0) is 24.6 Å². The van der Waals surface area contributed by atoms with E-state index in [4.69, 9.17) is 0 Å². The van der Waals surface area contributed by atoms with Crippen LogP contribution in [-0.2, 0) is 6.54 Å². The van der Waals surface area contributed by atoms with E-state index in [9.17, 15) is 24.0 Å². The topological polar surface area (TPSA) is 84.4 Å². The summed E-state index contributed by atoms with van der Waals surface area (Å²) in [5.74, 6) is -1.05. The van der Waals surface area contributed by atoms with Crippen LogP contribution in [0, 0.1) is 21.7 Å². The van der Waals surface area contributed by atoms with Gasteiger partial charge in [0.25, 0.3) is 0 Å². The van der Waals surface area contributed by atoms with Crippen LogP contribution >= 0.6 is 0 Å². The molecule has 3 rings (SSSR count). The molecule has 1 aromatic heterocycles. The molecule has 0 saturated carbocycles. The van der Waals surface area contributed by atoms with Crippen molar-refractivity contribution in [2.24, 2.45) is 0 Å². The minimum absolute atomic E-state index is 0.107. The van der Waals surface area contributed by atoms with Gasteiger partial charge in [-0.3, -0.25) is 19.7 Å². The first-order valence-corrected chi connectivity index (χ1v) is 7.48. The van der Waals surface area contributed by atoms with E-state index in [2.05, 4.69) is 5.10 Å². The van der Waals surface area contributed by atoms with Gasteiger partial charge in [-0.1, -0.05) is 0 Å². The van der Waals surface area contributed by atoms with Crippen molar-refractivity contribution in [2.45, 2.75) is 25.1 Å². The van der Waals surface area contributed by atoms with E-state index in [0.717, 1.165) is 24.4 Å². The molecule has 128 valence electrons. The maximum atomic E-state index is 14.0. The van der Waals surface area contributed by atoms with E-state index in [-0.39, 0.29) is 11.3 Å². The number of halogens is 2. The lowest BCUT2D eigenvalue weighted by Crippen LogP contribution is -2.29. The third-order valence-corrected chi connectivity index (χ3v) is 4.15. The predicted molar refractivity (Wildman–Crippen MR) is 80.2 cm³/mol. The van der Waals surface area contributed by atoms with Crippen LogP contribution in [0.15, 0.2) is 30.6 Å². The molecule has 1 aliphatic rings. The summed E-state index contributed by atoms with van der Waals surface area (Å²) in [5.41, 5.74) is 0.0992. The molecule has 0 unspecified atom stereocenters. The van der Waals surface area contributed by atoms with Crippen LogP contribution in [0.1, 0.15) is 18.0 Å². The highest BCUT2D eigenvalue weighted by Crippen LogP contribution is 2.33. The molecule has 0 bridgehead atoms. The van der Waals surface area contributed by atoms with E-state index in [1.807, 2.05) is 4.90 Å². The van der Waals surface area contributed by atoms with Crippen LogP contribution in [0.2, 0.25) is 0 Å². The van der Waals surface area contributed by atoms with E-state index in [0.29, 0.717) is 26.1 Å². The van der Waals surface area contributed by atoms with Crippen molar-refractivity contribution < 1.29 is 18.8 Å². The number of aromatic nitrogens is 2. The zero-order valence-electron chi connectivity index (χ0n) is 12.7. The summed E-state index contributed by atoms with van der Waals surface area (Å²) in [6.45, 7) is 1.06. The Morgan fingerprint density at radius 2 is 2.17 bits per heavy atom. The van der Waals surface area contributed by atoms with Crippen LogP contribution in [0.5, 0.6) is 0 Å². The fourth-order valence-corrected chi connectivity index (χ4v) is 3.02. The molecule has 24 heavy (non-hydrogen) atoms. The van der Waals surface area contributed by atoms with Crippen LogP contribution in [0.3, 0.4) is 0 Å². The first kappa shape index (κ1) is 16.5. The Bertz CT molecular complexity index is 752. The van der Waals surface area contributed by atoms with Gasteiger partial charge in [0.05, 0.1) is 17.6 Å². The third-order valence-electron chi connectivity index (χ3n) is 4.15. The first-order chi connectivity index (χ1) is 11.4. The van der Waals surface area contributed by atoms with E-state index < -0.39 is 28.7 Å². The Hall–Kier alpha value is -2.39. The van der Waals surface area contributed by atoms with Crippen molar-refractivity contribution in [3.8, 4) is 0 Å². The maximum absolute atomic E-state index is 14.0. The maximum Gasteiger partial charge on any atom is 0.306 e. The van der Waals surface area contributed by atoms with Crippen LogP contribution < -0.4 is 0 Å². The lowest BCUT2D eigenvalue weighted by Gasteiger charge is -2.24. The van der Waals surface area contributed by atoms with Gasteiger partial charge >= 0.3 is 5.69 Å². The lowest BCUT2D eigenvalue weighted by atomic mass is 10.0. The molecule has 0 radical (unpaired) electrons. The molecule has 9 heteroatoms. The second-order valence-electron chi connectivity index (χ2n) is 5.78. The molecule has 0 aliphatic carbocycles. The van der Waals surface area contributed by atoms with Gasteiger partial charge in [-0.25, -0.2) is 8.78 Å². The number of nitro groups is 1. The smallest absolute Gasteiger partial charge is 0.306 e. The zero-order chi connectivity index (χ0) is 17.3. The summed E-state index contributed by atoms with van der Waals surface area (Å²) in [5, 5.41) is 24.5. The van der Waals surface area contributed by atoms with E-state index in [1.165, 1.54) is 10.9 Å². The lowest BCUT2D eigenvalue weighted by molar-refractivity contribution is -0.385. The molecule has 2 heterocycles. The monoisotopic (exact) mass is 338 g/mol. The number of nitrogens with zero attached hydrogens (tertiary/aromatic N) is 4. The van der Waals surface area contributed by atoms with Crippen LogP contribution in [0.4, 0.5) is 14.5 Å². The number of β-amino-alcohol motifs (C(OH)–C–C–N with tert-alkyl or cyclic N) is 1. The van der Waals surface area contributed by atoms with Gasteiger partial charge in [0.2, 0.25) is 0 Å². The minimum Gasteiger partial charge on any atom is -0.392 e. The van der Waals surface area contributed by atoms with Gasteiger partial charge in [-0.15, -0.1) is 0 Å². The largest absolute Gasteiger partial charge is 0.392 e. The SMILES string of the molecule is O=[N+]([O-])c1cnn(CCN2C[C@H](O)C[C@H]2c2cc(F)ccc2F)c1. The number of hydrogen-bond acceptors (Lipinski definition) is 5. The second kappa shape index (κ2) is 6.62. The van der Waals surface area contributed by atoms with Crippen molar-refractivity contribution in [3.63, 3.8) is 0 Å². The Kier molecular flexibility index (Phi) is 4.54. The second-order valence-corrected chi connectivity index (χ2v) is 5.78. The molecule has 2 atom stereocenters. The van der Waals surface area contributed by atoms with Crippen molar-refractivity contribution in [3.05, 3.63) is 57.9 Å². The molecule has 1 saturated heterocycles. The van der Waals surface area contributed by atoms with Gasteiger partial charge in [0, 0.05) is 24.7 Å². The Labute approximate surface area is 136 Å². The molecule has 1 fully saturated rings. The quantitative estimate of drug-likeness (QED) is 0.665. The standard InChI is InChI=1S/C15H16F2N4O3/c16-10-1-2-14(17)13(5-10)15-6-12(22)9-19(15)3-4-20-8-11(7-18-20)21(23)24/h1-2,5,7-8,12,15,22H,3-4,6,9H2/t12-,15+/m1/s1. The molecule has 0 amide bonds. The van der Waals surface area contributed by atoms with Gasteiger partial charge in [-0.2, -0.15) is 5.10 Å². The average Bonchev–Trinajstić information content (AvgIpc) is 3.14. The van der Waals surface area contributed by atoms with Crippen molar-refractivity contribution >= 4 is 5.69 Å². The molecule has 1 aliphatic heterocycles. The van der Waals surface area contributed by atoms with E-state index in [1.54, 1.807) is 0 Å². The summed E-state index contributed by atoms with van der Waals surface area (Å²) in [6.07, 6.45) is 2.14. The normalized spacial score (nSPS) is 21.3. The van der Waals surface area contributed by atoms with Gasteiger partial charge in [0.15, 0.2) is 0 Å². The number of benzene rings is 1. The summed E-state index contributed by atoms with van der Waals surface area (Å²) in [6, 6.07) is 2.83.